The minimum atomic E-state index is -0.722. The molecule has 1 saturated carbocycles. The summed E-state index contributed by atoms with van der Waals surface area (Å²) < 4.78 is 1.67. The minimum Gasteiger partial charge on any atom is -0.329 e. The molecule has 1 aliphatic heterocycles. The number of thioether (sulfide) groups is 1. The maximum Gasteiger partial charge on any atom is 0.343 e. The highest BCUT2D eigenvalue weighted by atomic mass is 32.2. The molecule has 4 rings (SSSR count). The molecule has 2 amide bonds. The zero-order chi connectivity index (χ0) is 16.7. The van der Waals surface area contributed by atoms with E-state index in [1.165, 1.54) is 12.1 Å². The number of nitrogens with zero attached hydrogens (tertiary/aromatic N) is 5. The maximum absolute atomic E-state index is 12.1. The fourth-order valence-corrected chi connectivity index (χ4v) is 3.04. The van der Waals surface area contributed by atoms with Gasteiger partial charge in [-0.2, -0.15) is 0 Å². The maximum atomic E-state index is 12.1. The van der Waals surface area contributed by atoms with Gasteiger partial charge in [0.25, 0.3) is 11.8 Å². The van der Waals surface area contributed by atoms with E-state index in [0.29, 0.717) is 10.2 Å². The summed E-state index contributed by atoms with van der Waals surface area (Å²) in [7, 11) is 0. The molecule has 0 spiro atoms. The molecule has 0 bridgehead atoms. The van der Waals surface area contributed by atoms with Crippen molar-refractivity contribution in [2.24, 2.45) is 0 Å². The first-order chi connectivity index (χ1) is 11.6. The average Bonchev–Trinajstić information content (AvgIpc) is 3.29. The summed E-state index contributed by atoms with van der Waals surface area (Å²) in [5.74, 6) is -2.12. The summed E-state index contributed by atoms with van der Waals surface area (Å²) in [5, 5.41) is 12.3. The number of amides is 2. The number of aromatic nitrogens is 4. The van der Waals surface area contributed by atoms with Crippen LogP contribution in [0.15, 0.2) is 29.4 Å². The predicted octanol–water partition coefficient (Wildman–Crippen LogP) is 0.854. The molecule has 0 unspecified atom stereocenters. The van der Waals surface area contributed by atoms with Gasteiger partial charge in [0.05, 0.1) is 17.2 Å². The number of rotatable bonds is 5. The van der Waals surface area contributed by atoms with Gasteiger partial charge >= 0.3 is 5.97 Å². The first-order valence-corrected chi connectivity index (χ1v) is 8.23. The Labute approximate surface area is 139 Å². The number of tetrazole rings is 1. The Morgan fingerprint density at radius 2 is 1.88 bits per heavy atom. The predicted molar refractivity (Wildman–Crippen MR) is 79.8 cm³/mol. The first kappa shape index (κ1) is 14.8. The van der Waals surface area contributed by atoms with E-state index in [-0.39, 0.29) is 22.9 Å². The van der Waals surface area contributed by atoms with Crippen LogP contribution in [-0.4, -0.2) is 48.8 Å². The Hall–Kier alpha value is -2.75. The van der Waals surface area contributed by atoms with Gasteiger partial charge in [-0.15, -0.1) is 5.10 Å². The standard InChI is InChI=1S/C14H11N5O4S/c20-11(7-24-14-15-16-17-18(14)8-5-6-8)23-19-12(21)9-3-1-2-4-10(9)13(19)22/h1-4,8H,5-7H2. The molecule has 1 aliphatic carbocycles. The highest BCUT2D eigenvalue weighted by Crippen LogP contribution is 2.36. The van der Waals surface area contributed by atoms with Gasteiger partial charge in [0.2, 0.25) is 5.16 Å². The molecule has 0 N–H and O–H groups in total. The van der Waals surface area contributed by atoms with Gasteiger partial charge in [-0.05, 0) is 35.4 Å². The van der Waals surface area contributed by atoms with E-state index < -0.39 is 17.8 Å². The third-order valence-corrected chi connectivity index (χ3v) is 4.53. The number of fused-ring (bicyclic) bond motifs is 1. The van der Waals surface area contributed by atoms with Crippen LogP contribution in [0.3, 0.4) is 0 Å². The van der Waals surface area contributed by atoms with Gasteiger partial charge in [-0.3, -0.25) is 9.59 Å². The summed E-state index contributed by atoms with van der Waals surface area (Å²) in [6.45, 7) is 0. The zero-order valence-electron chi connectivity index (χ0n) is 12.3. The van der Waals surface area contributed by atoms with Crippen molar-refractivity contribution in [3.8, 4) is 0 Å². The lowest BCUT2D eigenvalue weighted by atomic mass is 10.1. The highest BCUT2D eigenvalue weighted by Gasteiger charge is 2.38. The van der Waals surface area contributed by atoms with Crippen molar-refractivity contribution in [3.05, 3.63) is 35.4 Å². The van der Waals surface area contributed by atoms with Gasteiger partial charge in [0.15, 0.2) is 0 Å². The summed E-state index contributed by atoms with van der Waals surface area (Å²) in [5.41, 5.74) is 0.446. The topological polar surface area (TPSA) is 107 Å². The molecule has 1 aromatic carbocycles. The third-order valence-electron chi connectivity index (χ3n) is 3.62. The van der Waals surface area contributed by atoms with Crippen molar-refractivity contribution in [3.63, 3.8) is 0 Å². The molecule has 2 heterocycles. The molecule has 1 aromatic heterocycles. The average molecular weight is 345 g/mol. The molecule has 1 fully saturated rings. The number of hydrogen-bond acceptors (Lipinski definition) is 8. The van der Waals surface area contributed by atoms with Crippen LogP contribution in [-0.2, 0) is 9.63 Å². The molecular formula is C14H11N5O4S. The zero-order valence-corrected chi connectivity index (χ0v) is 13.1. The lowest BCUT2D eigenvalue weighted by Crippen LogP contribution is -2.33. The van der Waals surface area contributed by atoms with Crippen molar-refractivity contribution >= 4 is 29.5 Å². The summed E-state index contributed by atoms with van der Waals surface area (Å²) in [6.07, 6.45) is 2.02. The van der Waals surface area contributed by atoms with Crippen LogP contribution < -0.4 is 0 Å². The number of hydroxylamine groups is 2. The Bertz CT molecular complexity index is 812. The summed E-state index contributed by atoms with van der Waals surface area (Å²) in [6, 6.07) is 6.60. The van der Waals surface area contributed by atoms with Gasteiger partial charge < -0.3 is 4.84 Å². The number of imide groups is 1. The van der Waals surface area contributed by atoms with Crippen molar-refractivity contribution in [1.82, 2.24) is 25.3 Å². The molecule has 0 atom stereocenters. The van der Waals surface area contributed by atoms with E-state index in [2.05, 4.69) is 15.5 Å². The fraction of sp³-hybridized carbons (Fsp3) is 0.286. The molecule has 0 radical (unpaired) electrons. The summed E-state index contributed by atoms with van der Waals surface area (Å²) in [4.78, 5) is 41.1. The van der Waals surface area contributed by atoms with E-state index in [1.807, 2.05) is 0 Å². The van der Waals surface area contributed by atoms with E-state index in [1.54, 1.807) is 16.8 Å². The normalized spacial score (nSPS) is 16.4. The lowest BCUT2D eigenvalue weighted by molar-refractivity contribution is -0.165. The van der Waals surface area contributed by atoms with Gasteiger partial charge in [-0.1, -0.05) is 29.0 Å². The Morgan fingerprint density at radius 3 is 2.50 bits per heavy atom. The largest absolute Gasteiger partial charge is 0.343 e. The van der Waals surface area contributed by atoms with Crippen LogP contribution in [0.5, 0.6) is 0 Å². The first-order valence-electron chi connectivity index (χ1n) is 7.24. The van der Waals surface area contributed by atoms with Crippen LogP contribution in [0.1, 0.15) is 39.6 Å². The molecule has 2 aliphatic rings. The SMILES string of the molecule is O=C(CSc1nnnn1C1CC1)ON1C(=O)c2ccccc2C1=O. The van der Waals surface area contributed by atoms with E-state index in [0.717, 1.165) is 24.6 Å². The van der Waals surface area contributed by atoms with E-state index in [9.17, 15) is 14.4 Å². The molecule has 122 valence electrons. The van der Waals surface area contributed by atoms with Crippen LogP contribution in [0.2, 0.25) is 0 Å². The smallest absolute Gasteiger partial charge is 0.329 e. The fourth-order valence-electron chi connectivity index (χ4n) is 2.33. The van der Waals surface area contributed by atoms with Gasteiger partial charge in [-0.25, -0.2) is 9.48 Å². The highest BCUT2D eigenvalue weighted by molar-refractivity contribution is 7.99. The van der Waals surface area contributed by atoms with E-state index in [4.69, 9.17) is 4.84 Å². The molecule has 10 heteroatoms. The Morgan fingerprint density at radius 1 is 1.21 bits per heavy atom. The number of benzene rings is 1. The quantitative estimate of drug-likeness (QED) is 0.580. The molecule has 2 aromatic rings. The van der Waals surface area contributed by atoms with E-state index >= 15 is 0 Å². The minimum absolute atomic E-state index is 0.111. The molecule has 9 nitrogen and oxygen atoms in total. The van der Waals surface area contributed by atoms with Crippen molar-refractivity contribution in [2.75, 3.05) is 5.75 Å². The van der Waals surface area contributed by atoms with Crippen LogP contribution >= 0.6 is 11.8 Å². The second-order valence-electron chi connectivity index (χ2n) is 5.34. The monoisotopic (exact) mass is 345 g/mol. The van der Waals surface area contributed by atoms with Crippen molar-refractivity contribution in [1.29, 1.82) is 0 Å². The van der Waals surface area contributed by atoms with Crippen LogP contribution in [0, 0.1) is 0 Å². The second kappa shape index (κ2) is 5.71. The third kappa shape index (κ3) is 2.54. The number of hydrogen-bond donors (Lipinski definition) is 0. The Balaban J connectivity index is 1.39. The van der Waals surface area contributed by atoms with Crippen LogP contribution in [0.25, 0.3) is 0 Å². The number of carbonyl (C=O) groups excluding carboxylic acids is 3. The molecule has 24 heavy (non-hydrogen) atoms. The number of carbonyl (C=O) groups is 3. The lowest BCUT2D eigenvalue weighted by Gasteiger charge is -2.12. The van der Waals surface area contributed by atoms with Crippen LogP contribution in [0.4, 0.5) is 0 Å². The van der Waals surface area contributed by atoms with Crippen molar-refractivity contribution < 1.29 is 19.2 Å². The second-order valence-corrected chi connectivity index (χ2v) is 6.28. The Kier molecular flexibility index (Phi) is 3.53. The van der Waals surface area contributed by atoms with Gasteiger partial charge in [0.1, 0.15) is 5.75 Å². The van der Waals surface area contributed by atoms with Crippen molar-refractivity contribution in [2.45, 2.75) is 24.0 Å². The van der Waals surface area contributed by atoms with Gasteiger partial charge in [0, 0.05) is 0 Å². The molecular weight excluding hydrogens is 334 g/mol. The summed E-state index contributed by atoms with van der Waals surface area (Å²) >= 11 is 1.10. The molecule has 0 saturated heterocycles.